The van der Waals surface area contributed by atoms with Crippen molar-refractivity contribution in [2.75, 3.05) is 20.1 Å². The van der Waals surface area contributed by atoms with Crippen molar-refractivity contribution in [3.8, 4) is 0 Å². The fraction of sp³-hybridized carbons (Fsp3) is 0.667. The first kappa shape index (κ1) is 14.1. The van der Waals surface area contributed by atoms with Crippen molar-refractivity contribution in [1.29, 1.82) is 0 Å². The Morgan fingerprint density at radius 2 is 1.55 bits per heavy atom. The molecular formula is C18H28N2. The molecule has 2 nitrogen and oxygen atoms in total. The Hall–Kier alpha value is -0.860. The van der Waals surface area contributed by atoms with Gasteiger partial charge in [0, 0.05) is 18.6 Å². The summed E-state index contributed by atoms with van der Waals surface area (Å²) in [5, 5.41) is 0. The Kier molecular flexibility index (Phi) is 4.74. The van der Waals surface area contributed by atoms with Gasteiger partial charge in [0.05, 0.1) is 0 Å². The van der Waals surface area contributed by atoms with Crippen molar-refractivity contribution in [2.24, 2.45) is 0 Å². The number of hydrogen-bond donors (Lipinski definition) is 0. The van der Waals surface area contributed by atoms with Crippen molar-refractivity contribution in [2.45, 2.75) is 57.2 Å². The smallest absolute Gasteiger partial charge is 0.0233 e. The predicted octanol–water partition coefficient (Wildman–Crippen LogP) is 3.53. The van der Waals surface area contributed by atoms with Crippen molar-refractivity contribution in [3.05, 3.63) is 35.9 Å². The second-order valence-corrected chi connectivity index (χ2v) is 6.60. The van der Waals surface area contributed by atoms with E-state index in [4.69, 9.17) is 0 Å². The van der Waals surface area contributed by atoms with Crippen LogP contribution >= 0.6 is 0 Å². The van der Waals surface area contributed by atoms with E-state index in [1.54, 1.807) is 0 Å². The Bertz CT molecular complexity index is 389. The largest absolute Gasteiger partial charge is 0.300 e. The molecule has 0 N–H and O–H groups in total. The van der Waals surface area contributed by atoms with Gasteiger partial charge in [-0.15, -0.1) is 0 Å². The molecule has 2 fully saturated rings. The van der Waals surface area contributed by atoms with Crippen molar-refractivity contribution in [1.82, 2.24) is 9.80 Å². The average molecular weight is 272 g/mol. The standard InChI is InChI=1S/C18H28N2/c1-19(17-9-5-6-10-17)18-11-13-20(14-12-18)15-16-7-3-2-4-8-16/h2-4,7-8,17-18H,5-6,9-15H2,1H3. The Morgan fingerprint density at radius 3 is 2.20 bits per heavy atom. The molecule has 1 saturated carbocycles. The maximum Gasteiger partial charge on any atom is 0.0233 e. The molecule has 0 amide bonds. The van der Waals surface area contributed by atoms with E-state index in [2.05, 4.69) is 47.2 Å². The highest BCUT2D eigenvalue weighted by Gasteiger charge is 2.28. The molecule has 0 spiro atoms. The van der Waals surface area contributed by atoms with E-state index in [0.717, 1.165) is 18.6 Å². The van der Waals surface area contributed by atoms with E-state index in [0.29, 0.717) is 0 Å². The second kappa shape index (κ2) is 6.73. The summed E-state index contributed by atoms with van der Waals surface area (Å²) in [4.78, 5) is 5.32. The van der Waals surface area contributed by atoms with Gasteiger partial charge in [0.1, 0.15) is 0 Å². The van der Waals surface area contributed by atoms with Crippen molar-refractivity contribution in [3.63, 3.8) is 0 Å². The summed E-state index contributed by atoms with van der Waals surface area (Å²) in [5.41, 5.74) is 1.45. The van der Waals surface area contributed by atoms with E-state index in [-0.39, 0.29) is 0 Å². The van der Waals surface area contributed by atoms with Gasteiger partial charge < -0.3 is 4.90 Å². The molecule has 0 atom stereocenters. The second-order valence-electron chi connectivity index (χ2n) is 6.60. The maximum absolute atomic E-state index is 2.70. The third-order valence-electron chi connectivity index (χ3n) is 5.28. The van der Waals surface area contributed by atoms with Gasteiger partial charge in [0.2, 0.25) is 0 Å². The zero-order chi connectivity index (χ0) is 13.8. The van der Waals surface area contributed by atoms with Gasteiger partial charge >= 0.3 is 0 Å². The number of hydrogen-bond acceptors (Lipinski definition) is 2. The van der Waals surface area contributed by atoms with E-state index < -0.39 is 0 Å². The Labute approximate surface area is 123 Å². The first-order chi connectivity index (χ1) is 9.83. The predicted molar refractivity (Wildman–Crippen MR) is 84.8 cm³/mol. The molecule has 110 valence electrons. The Balaban J connectivity index is 1.47. The SMILES string of the molecule is CN(C1CCCC1)C1CCN(Cc2ccccc2)CC1. The van der Waals surface area contributed by atoms with Gasteiger partial charge in [-0.25, -0.2) is 0 Å². The third kappa shape index (κ3) is 3.42. The molecule has 0 unspecified atom stereocenters. The normalized spacial score (nSPS) is 22.7. The van der Waals surface area contributed by atoms with E-state index in [9.17, 15) is 0 Å². The fourth-order valence-corrected chi connectivity index (χ4v) is 3.94. The van der Waals surface area contributed by atoms with Crippen molar-refractivity contribution < 1.29 is 0 Å². The molecule has 2 aliphatic rings. The lowest BCUT2D eigenvalue weighted by atomic mass is 10.0. The summed E-state index contributed by atoms with van der Waals surface area (Å²) in [6.45, 7) is 3.65. The first-order valence-corrected chi connectivity index (χ1v) is 8.31. The highest BCUT2D eigenvalue weighted by molar-refractivity contribution is 5.14. The van der Waals surface area contributed by atoms with Gasteiger partial charge in [0.15, 0.2) is 0 Å². The van der Waals surface area contributed by atoms with Gasteiger partial charge in [-0.1, -0.05) is 43.2 Å². The lowest BCUT2D eigenvalue weighted by Crippen LogP contribution is -2.46. The van der Waals surface area contributed by atoms with Crippen LogP contribution in [0, 0.1) is 0 Å². The van der Waals surface area contributed by atoms with Crippen LogP contribution in [-0.4, -0.2) is 42.0 Å². The van der Waals surface area contributed by atoms with Crippen LogP contribution in [0.1, 0.15) is 44.1 Å². The number of rotatable bonds is 4. The minimum atomic E-state index is 0.824. The van der Waals surface area contributed by atoms with E-state index in [1.807, 2.05) is 0 Å². The molecule has 0 radical (unpaired) electrons. The summed E-state index contributed by atoms with van der Waals surface area (Å²) >= 11 is 0. The minimum Gasteiger partial charge on any atom is -0.300 e. The summed E-state index contributed by atoms with van der Waals surface area (Å²) in [6.07, 6.45) is 8.45. The van der Waals surface area contributed by atoms with Crippen molar-refractivity contribution >= 4 is 0 Å². The molecular weight excluding hydrogens is 244 g/mol. The monoisotopic (exact) mass is 272 g/mol. The zero-order valence-corrected chi connectivity index (χ0v) is 12.8. The minimum absolute atomic E-state index is 0.824. The van der Waals surface area contributed by atoms with Gasteiger partial charge in [0.25, 0.3) is 0 Å². The number of likely N-dealkylation sites (tertiary alicyclic amines) is 1. The lowest BCUT2D eigenvalue weighted by Gasteiger charge is -2.39. The fourth-order valence-electron chi connectivity index (χ4n) is 3.94. The lowest BCUT2D eigenvalue weighted by molar-refractivity contribution is 0.0945. The molecule has 1 heterocycles. The molecule has 0 aromatic heterocycles. The number of benzene rings is 1. The van der Waals surface area contributed by atoms with E-state index in [1.165, 1.54) is 57.2 Å². The molecule has 1 aromatic carbocycles. The molecule has 2 heteroatoms. The highest BCUT2D eigenvalue weighted by atomic mass is 15.2. The zero-order valence-electron chi connectivity index (χ0n) is 12.8. The average Bonchev–Trinajstić information content (AvgIpc) is 3.03. The van der Waals surface area contributed by atoms with Gasteiger partial charge in [-0.05, 0) is 51.4 Å². The first-order valence-electron chi connectivity index (χ1n) is 8.31. The van der Waals surface area contributed by atoms with Crippen LogP contribution in [-0.2, 0) is 6.54 Å². The quantitative estimate of drug-likeness (QED) is 0.827. The third-order valence-corrected chi connectivity index (χ3v) is 5.28. The topological polar surface area (TPSA) is 6.48 Å². The molecule has 1 aliphatic heterocycles. The van der Waals surface area contributed by atoms with Crippen LogP contribution < -0.4 is 0 Å². The molecule has 1 aromatic rings. The van der Waals surface area contributed by atoms with Gasteiger partial charge in [-0.3, -0.25) is 4.90 Å². The molecule has 1 saturated heterocycles. The number of nitrogens with zero attached hydrogens (tertiary/aromatic N) is 2. The van der Waals surface area contributed by atoms with Crippen LogP contribution in [0.4, 0.5) is 0 Å². The van der Waals surface area contributed by atoms with Crippen LogP contribution in [0.2, 0.25) is 0 Å². The van der Waals surface area contributed by atoms with Crippen LogP contribution in [0.3, 0.4) is 0 Å². The van der Waals surface area contributed by atoms with E-state index >= 15 is 0 Å². The molecule has 1 aliphatic carbocycles. The maximum atomic E-state index is 2.70. The summed E-state index contributed by atoms with van der Waals surface area (Å²) in [5.74, 6) is 0. The molecule has 20 heavy (non-hydrogen) atoms. The summed E-state index contributed by atoms with van der Waals surface area (Å²) < 4.78 is 0. The van der Waals surface area contributed by atoms with Gasteiger partial charge in [-0.2, -0.15) is 0 Å². The summed E-state index contributed by atoms with van der Waals surface area (Å²) in [6, 6.07) is 12.6. The van der Waals surface area contributed by atoms with Crippen LogP contribution in [0.5, 0.6) is 0 Å². The molecule has 0 bridgehead atoms. The van der Waals surface area contributed by atoms with Crippen LogP contribution in [0.25, 0.3) is 0 Å². The van der Waals surface area contributed by atoms with Crippen LogP contribution in [0.15, 0.2) is 30.3 Å². The molecule has 3 rings (SSSR count). The Morgan fingerprint density at radius 1 is 0.950 bits per heavy atom. The number of piperidine rings is 1. The summed E-state index contributed by atoms with van der Waals surface area (Å²) in [7, 11) is 2.37. The highest BCUT2D eigenvalue weighted by Crippen LogP contribution is 2.27.